The van der Waals surface area contributed by atoms with Gasteiger partial charge >= 0.3 is 0 Å². The van der Waals surface area contributed by atoms with Gasteiger partial charge in [0.2, 0.25) is 5.91 Å². The summed E-state index contributed by atoms with van der Waals surface area (Å²) in [5, 5.41) is 9.84. The van der Waals surface area contributed by atoms with E-state index in [-0.39, 0.29) is 23.5 Å². The summed E-state index contributed by atoms with van der Waals surface area (Å²) in [6.45, 7) is 2.07. The first-order valence-electron chi connectivity index (χ1n) is 7.73. The largest absolute Gasteiger partial charge is 0.351 e. The molecule has 1 aromatic rings. The molecule has 3 heterocycles. The number of rotatable bonds is 4. The van der Waals surface area contributed by atoms with E-state index in [1.807, 2.05) is 6.07 Å². The first-order valence-corrected chi connectivity index (χ1v) is 9.55. The maximum atomic E-state index is 12.1. The number of piperidine rings is 1. The first-order chi connectivity index (χ1) is 10.5. The number of sulfone groups is 1. The number of aromatic nitrogens is 2. The van der Waals surface area contributed by atoms with Gasteiger partial charge in [-0.15, -0.1) is 0 Å². The molecule has 8 heteroatoms. The van der Waals surface area contributed by atoms with Gasteiger partial charge in [0.15, 0.2) is 9.84 Å². The van der Waals surface area contributed by atoms with Crippen LogP contribution >= 0.6 is 0 Å². The molecule has 0 bridgehead atoms. The third-order valence-electron chi connectivity index (χ3n) is 4.43. The van der Waals surface area contributed by atoms with Crippen molar-refractivity contribution in [3.63, 3.8) is 0 Å². The number of nitrogens with zero attached hydrogens (tertiary/aromatic N) is 2. The van der Waals surface area contributed by atoms with Gasteiger partial charge in [-0.05, 0) is 31.9 Å². The molecule has 2 saturated heterocycles. The van der Waals surface area contributed by atoms with Crippen LogP contribution in [0.1, 0.15) is 30.9 Å². The molecule has 3 rings (SSSR count). The van der Waals surface area contributed by atoms with Gasteiger partial charge in [-0.25, -0.2) is 8.42 Å². The third kappa shape index (κ3) is 3.86. The van der Waals surface area contributed by atoms with Crippen LogP contribution in [0.15, 0.2) is 12.3 Å². The lowest BCUT2D eigenvalue weighted by molar-refractivity contribution is -0.123. The molecule has 122 valence electrons. The fourth-order valence-corrected chi connectivity index (χ4v) is 5.01. The normalized spacial score (nSPS) is 28.5. The molecule has 22 heavy (non-hydrogen) atoms. The number of nitrogens with one attached hydrogen (secondary N) is 2. The Morgan fingerprint density at radius 2 is 2.32 bits per heavy atom. The van der Waals surface area contributed by atoms with E-state index in [4.69, 9.17) is 0 Å². The fraction of sp³-hybridized carbons (Fsp3) is 0.714. The van der Waals surface area contributed by atoms with E-state index in [1.54, 1.807) is 6.20 Å². The molecule has 0 saturated carbocycles. The number of likely N-dealkylation sites (tertiary alicyclic amines) is 1. The van der Waals surface area contributed by atoms with Gasteiger partial charge in [0, 0.05) is 30.4 Å². The Kier molecular flexibility index (Phi) is 4.49. The second-order valence-corrected chi connectivity index (χ2v) is 8.48. The van der Waals surface area contributed by atoms with Crippen LogP contribution in [-0.4, -0.2) is 66.6 Å². The molecule has 2 fully saturated rings. The van der Waals surface area contributed by atoms with E-state index in [0.717, 1.165) is 31.6 Å². The third-order valence-corrected chi connectivity index (χ3v) is 6.20. The molecule has 2 aliphatic heterocycles. The van der Waals surface area contributed by atoms with Crippen molar-refractivity contribution >= 4 is 15.7 Å². The molecule has 7 nitrogen and oxygen atoms in total. The van der Waals surface area contributed by atoms with Crippen LogP contribution in [0, 0.1) is 0 Å². The molecule has 1 amide bonds. The molecule has 2 atom stereocenters. The number of carbonyl (C=O) groups is 1. The zero-order valence-corrected chi connectivity index (χ0v) is 13.3. The maximum absolute atomic E-state index is 12.1. The van der Waals surface area contributed by atoms with Crippen molar-refractivity contribution < 1.29 is 13.2 Å². The molecule has 2 aliphatic rings. The molecular weight excluding hydrogens is 304 g/mol. The molecular formula is C14H22N4O3S. The second kappa shape index (κ2) is 6.37. The molecule has 2 N–H and O–H groups in total. The summed E-state index contributed by atoms with van der Waals surface area (Å²) in [6.07, 6.45) is 4.43. The molecule has 0 aromatic carbocycles. The van der Waals surface area contributed by atoms with E-state index in [0.29, 0.717) is 18.9 Å². The number of hydrogen-bond acceptors (Lipinski definition) is 5. The fourth-order valence-electron chi connectivity index (χ4n) is 3.33. The summed E-state index contributed by atoms with van der Waals surface area (Å²) >= 11 is 0. The average Bonchev–Trinajstić information content (AvgIpc) is 3.09. The molecule has 0 aliphatic carbocycles. The number of aromatic amines is 1. The Morgan fingerprint density at radius 3 is 3.00 bits per heavy atom. The van der Waals surface area contributed by atoms with Gasteiger partial charge in [0.05, 0.1) is 18.1 Å². The van der Waals surface area contributed by atoms with Gasteiger partial charge in [-0.3, -0.25) is 14.8 Å². The quantitative estimate of drug-likeness (QED) is 0.805. The second-order valence-electron chi connectivity index (χ2n) is 6.25. The van der Waals surface area contributed by atoms with E-state index in [2.05, 4.69) is 20.4 Å². The van der Waals surface area contributed by atoms with E-state index in [9.17, 15) is 13.2 Å². The highest BCUT2D eigenvalue weighted by molar-refractivity contribution is 7.91. The summed E-state index contributed by atoms with van der Waals surface area (Å²) in [4.78, 5) is 14.2. The van der Waals surface area contributed by atoms with Crippen molar-refractivity contribution in [1.29, 1.82) is 0 Å². The Bertz CT molecular complexity index is 614. The highest BCUT2D eigenvalue weighted by Gasteiger charge is 2.30. The number of carbonyl (C=O) groups excluding carboxylic acids is 1. The predicted octanol–water partition coefficient (Wildman–Crippen LogP) is -0.108. The monoisotopic (exact) mass is 326 g/mol. The topological polar surface area (TPSA) is 95.2 Å². The Hall–Kier alpha value is -1.41. The molecule has 0 unspecified atom stereocenters. The van der Waals surface area contributed by atoms with Crippen molar-refractivity contribution in [3.05, 3.63) is 18.0 Å². The Balaban J connectivity index is 1.49. The standard InChI is InChI=1S/C14H22N4O3S/c19-14(16-12-4-7-22(20,21)10-12)9-18-6-1-2-11(8-18)13-3-5-15-17-13/h3,5,11-12H,1-2,4,6-10H2,(H,15,17)(H,16,19)/t11-,12-/m1/s1. The summed E-state index contributed by atoms with van der Waals surface area (Å²) in [6, 6.07) is 1.77. The van der Waals surface area contributed by atoms with Crippen molar-refractivity contribution in [2.45, 2.75) is 31.2 Å². The van der Waals surface area contributed by atoms with E-state index in [1.165, 1.54) is 0 Å². The summed E-state index contributed by atoms with van der Waals surface area (Å²) in [7, 11) is -2.95. The van der Waals surface area contributed by atoms with E-state index < -0.39 is 9.84 Å². The smallest absolute Gasteiger partial charge is 0.234 e. The average molecular weight is 326 g/mol. The zero-order valence-electron chi connectivity index (χ0n) is 12.5. The summed E-state index contributed by atoms with van der Waals surface area (Å²) in [5.74, 6) is 0.572. The zero-order chi connectivity index (χ0) is 15.6. The van der Waals surface area contributed by atoms with Crippen molar-refractivity contribution in [2.24, 2.45) is 0 Å². The van der Waals surface area contributed by atoms with Crippen LogP contribution in [-0.2, 0) is 14.6 Å². The summed E-state index contributed by atoms with van der Waals surface area (Å²) < 4.78 is 22.8. The molecule has 0 spiro atoms. The lowest BCUT2D eigenvalue weighted by Gasteiger charge is -2.31. The Morgan fingerprint density at radius 1 is 1.45 bits per heavy atom. The van der Waals surface area contributed by atoms with Crippen LogP contribution < -0.4 is 5.32 Å². The molecule has 1 aromatic heterocycles. The Labute approximate surface area is 130 Å². The van der Waals surface area contributed by atoms with Crippen LogP contribution in [0.3, 0.4) is 0 Å². The van der Waals surface area contributed by atoms with Crippen molar-refractivity contribution in [1.82, 2.24) is 20.4 Å². The lowest BCUT2D eigenvalue weighted by atomic mass is 9.95. The minimum Gasteiger partial charge on any atom is -0.351 e. The van der Waals surface area contributed by atoms with Crippen LogP contribution in [0.25, 0.3) is 0 Å². The van der Waals surface area contributed by atoms with Crippen LogP contribution in [0.2, 0.25) is 0 Å². The SMILES string of the molecule is O=C(CN1CCC[C@@H](c2ccn[nH]2)C1)N[C@@H]1CCS(=O)(=O)C1. The van der Waals surface area contributed by atoms with Gasteiger partial charge in [0.1, 0.15) is 0 Å². The number of amides is 1. The van der Waals surface area contributed by atoms with E-state index >= 15 is 0 Å². The minimum absolute atomic E-state index is 0.0765. The van der Waals surface area contributed by atoms with Crippen LogP contribution in [0.5, 0.6) is 0 Å². The van der Waals surface area contributed by atoms with Gasteiger partial charge < -0.3 is 5.32 Å². The van der Waals surface area contributed by atoms with Crippen molar-refractivity contribution in [2.75, 3.05) is 31.1 Å². The van der Waals surface area contributed by atoms with Gasteiger partial charge in [-0.1, -0.05) is 0 Å². The minimum atomic E-state index is -2.95. The van der Waals surface area contributed by atoms with Gasteiger partial charge in [0.25, 0.3) is 0 Å². The molecule has 0 radical (unpaired) electrons. The predicted molar refractivity (Wildman–Crippen MR) is 82.2 cm³/mol. The van der Waals surface area contributed by atoms with Crippen LogP contribution in [0.4, 0.5) is 0 Å². The maximum Gasteiger partial charge on any atom is 0.234 e. The van der Waals surface area contributed by atoms with Gasteiger partial charge in [-0.2, -0.15) is 5.10 Å². The number of H-pyrrole nitrogens is 1. The van der Waals surface area contributed by atoms with Crippen molar-refractivity contribution in [3.8, 4) is 0 Å². The first kappa shape index (κ1) is 15.5. The lowest BCUT2D eigenvalue weighted by Crippen LogP contribution is -2.45. The number of hydrogen-bond donors (Lipinski definition) is 2. The summed E-state index contributed by atoms with van der Waals surface area (Å²) in [5.41, 5.74) is 1.12. The highest BCUT2D eigenvalue weighted by atomic mass is 32.2. The highest BCUT2D eigenvalue weighted by Crippen LogP contribution is 2.24.